The van der Waals surface area contributed by atoms with Gasteiger partial charge in [-0.15, -0.1) is 0 Å². The van der Waals surface area contributed by atoms with Gasteiger partial charge in [-0.2, -0.15) is 5.26 Å². The van der Waals surface area contributed by atoms with Crippen molar-refractivity contribution in [1.82, 2.24) is 15.2 Å². The third-order valence-corrected chi connectivity index (χ3v) is 5.44. The number of aromatic amines is 1. The van der Waals surface area contributed by atoms with Crippen LogP contribution < -0.4 is 10.1 Å². The van der Waals surface area contributed by atoms with Gasteiger partial charge in [0, 0.05) is 24.5 Å². The second kappa shape index (κ2) is 10.7. The van der Waals surface area contributed by atoms with Crippen LogP contribution in [-0.2, 0) is 0 Å². The predicted molar refractivity (Wildman–Crippen MR) is 122 cm³/mol. The molecule has 0 unspecified atom stereocenters. The van der Waals surface area contributed by atoms with Crippen molar-refractivity contribution < 1.29 is 9.53 Å². The minimum absolute atomic E-state index is 0.0939. The summed E-state index contributed by atoms with van der Waals surface area (Å²) in [4.78, 5) is 18.3. The van der Waals surface area contributed by atoms with Crippen LogP contribution in [-0.4, -0.2) is 49.1 Å². The van der Waals surface area contributed by atoms with Crippen molar-refractivity contribution in [2.75, 3.05) is 33.3 Å². The number of methoxy groups -OCH3 is 1. The van der Waals surface area contributed by atoms with Crippen LogP contribution in [0.2, 0.25) is 0 Å². The van der Waals surface area contributed by atoms with E-state index >= 15 is 0 Å². The van der Waals surface area contributed by atoms with E-state index < -0.39 is 0 Å². The standard InChI is InChI=1S/C24H32N4O2/c1-7-28(8-2)12-11-26-24(29)23-17(4)21(27-18(23)5)13-20(15-25)19-10-9-16(3)22(14-19)30-6/h9-10,13-14,27H,7-8,11-12H2,1-6H3,(H,26,29)/b20-13+. The SMILES string of the molecule is CCN(CC)CCNC(=O)c1c(C)[nH]c(/C=C(\C#N)c2ccc(C)c(OC)c2)c1C. The Kier molecular flexibility index (Phi) is 8.25. The molecule has 0 aliphatic heterocycles. The number of amides is 1. The first-order chi connectivity index (χ1) is 14.4. The molecule has 0 spiro atoms. The number of aryl methyl sites for hydroxylation is 2. The number of carbonyl (C=O) groups is 1. The second-order valence-electron chi connectivity index (χ2n) is 7.30. The normalized spacial score (nSPS) is 11.5. The number of rotatable bonds is 9. The minimum Gasteiger partial charge on any atom is -0.496 e. The van der Waals surface area contributed by atoms with Crippen LogP contribution in [0.25, 0.3) is 11.6 Å². The molecular weight excluding hydrogens is 376 g/mol. The zero-order valence-corrected chi connectivity index (χ0v) is 18.8. The fraction of sp³-hybridized carbons (Fsp3) is 0.417. The summed E-state index contributed by atoms with van der Waals surface area (Å²) in [5.74, 6) is 0.643. The van der Waals surface area contributed by atoms with E-state index in [4.69, 9.17) is 4.74 Å². The topological polar surface area (TPSA) is 81.2 Å². The summed E-state index contributed by atoms with van der Waals surface area (Å²) in [6.45, 7) is 13.3. The molecule has 1 heterocycles. The molecule has 2 N–H and O–H groups in total. The maximum Gasteiger partial charge on any atom is 0.253 e. The van der Waals surface area contributed by atoms with Crippen molar-refractivity contribution in [3.05, 3.63) is 51.8 Å². The zero-order valence-electron chi connectivity index (χ0n) is 18.8. The van der Waals surface area contributed by atoms with Crippen molar-refractivity contribution >= 4 is 17.6 Å². The van der Waals surface area contributed by atoms with Gasteiger partial charge in [0.05, 0.1) is 24.3 Å². The van der Waals surface area contributed by atoms with Crippen molar-refractivity contribution in [1.29, 1.82) is 5.26 Å². The van der Waals surface area contributed by atoms with Gasteiger partial charge >= 0.3 is 0 Å². The second-order valence-corrected chi connectivity index (χ2v) is 7.30. The largest absolute Gasteiger partial charge is 0.496 e. The highest BCUT2D eigenvalue weighted by atomic mass is 16.5. The third kappa shape index (κ3) is 5.31. The Morgan fingerprint density at radius 2 is 1.97 bits per heavy atom. The molecule has 1 aromatic heterocycles. The number of allylic oxidation sites excluding steroid dienone is 1. The average Bonchev–Trinajstić information content (AvgIpc) is 3.02. The number of aromatic nitrogens is 1. The first-order valence-electron chi connectivity index (χ1n) is 10.3. The number of H-pyrrole nitrogens is 1. The van der Waals surface area contributed by atoms with E-state index in [1.807, 2.05) is 39.0 Å². The van der Waals surface area contributed by atoms with Gasteiger partial charge in [-0.05, 0) is 62.7 Å². The molecular formula is C24H32N4O2. The van der Waals surface area contributed by atoms with E-state index in [1.54, 1.807) is 13.2 Å². The molecule has 0 saturated carbocycles. The minimum atomic E-state index is -0.0939. The van der Waals surface area contributed by atoms with Gasteiger partial charge < -0.3 is 19.9 Å². The molecule has 1 aromatic carbocycles. The summed E-state index contributed by atoms with van der Waals surface area (Å²) in [5, 5.41) is 12.7. The van der Waals surface area contributed by atoms with Crippen LogP contribution in [0.4, 0.5) is 0 Å². The van der Waals surface area contributed by atoms with Crippen molar-refractivity contribution in [2.24, 2.45) is 0 Å². The maximum absolute atomic E-state index is 12.8. The highest BCUT2D eigenvalue weighted by molar-refractivity contribution is 5.99. The van der Waals surface area contributed by atoms with Gasteiger partial charge in [0.1, 0.15) is 5.75 Å². The lowest BCUT2D eigenvalue weighted by molar-refractivity contribution is 0.0948. The molecule has 0 saturated heterocycles. The molecule has 6 heteroatoms. The number of nitrogens with zero attached hydrogens (tertiary/aromatic N) is 2. The summed E-state index contributed by atoms with van der Waals surface area (Å²) in [5.41, 5.74) is 5.31. The highest BCUT2D eigenvalue weighted by Crippen LogP contribution is 2.27. The Morgan fingerprint density at radius 3 is 2.57 bits per heavy atom. The molecule has 2 aromatic rings. The number of nitrogens with one attached hydrogen (secondary N) is 2. The number of hydrogen-bond donors (Lipinski definition) is 2. The number of hydrogen-bond acceptors (Lipinski definition) is 4. The molecule has 0 aliphatic carbocycles. The number of ether oxygens (including phenoxy) is 1. The molecule has 0 aliphatic rings. The predicted octanol–water partition coefficient (Wildman–Crippen LogP) is 4.08. The van der Waals surface area contributed by atoms with Crippen LogP contribution in [0.3, 0.4) is 0 Å². The van der Waals surface area contributed by atoms with Gasteiger partial charge in [-0.3, -0.25) is 4.79 Å². The molecule has 160 valence electrons. The van der Waals surface area contributed by atoms with Gasteiger partial charge in [0.2, 0.25) is 0 Å². The first-order valence-corrected chi connectivity index (χ1v) is 10.3. The first kappa shape index (κ1) is 23.2. The van der Waals surface area contributed by atoms with E-state index in [1.165, 1.54) is 0 Å². The Hall–Kier alpha value is -3.04. The Labute approximate surface area is 179 Å². The van der Waals surface area contributed by atoms with Crippen LogP contribution in [0.1, 0.15) is 52.3 Å². The monoisotopic (exact) mass is 408 g/mol. The van der Waals surface area contributed by atoms with Crippen LogP contribution in [0, 0.1) is 32.1 Å². The van der Waals surface area contributed by atoms with Crippen molar-refractivity contribution in [3.63, 3.8) is 0 Å². The Morgan fingerprint density at radius 1 is 1.27 bits per heavy atom. The molecule has 0 radical (unpaired) electrons. The molecule has 0 atom stereocenters. The third-order valence-electron chi connectivity index (χ3n) is 5.44. The van der Waals surface area contributed by atoms with Crippen molar-refractivity contribution in [3.8, 4) is 11.8 Å². The van der Waals surface area contributed by atoms with Crippen LogP contribution >= 0.6 is 0 Å². The lowest BCUT2D eigenvalue weighted by Crippen LogP contribution is -2.35. The summed E-state index contributed by atoms with van der Waals surface area (Å²) >= 11 is 0. The summed E-state index contributed by atoms with van der Waals surface area (Å²) in [7, 11) is 1.62. The fourth-order valence-electron chi connectivity index (χ4n) is 3.53. The lowest BCUT2D eigenvalue weighted by Gasteiger charge is -2.18. The number of carbonyl (C=O) groups excluding carboxylic acids is 1. The van der Waals surface area contributed by atoms with Crippen LogP contribution in [0.15, 0.2) is 18.2 Å². The maximum atomic E-state index is 12.8. The van der Waals surface area contributed by atoms with Gasteiger partial charge in [-0.25, -0.2) is 0 Å². The quantitative estimate of drug-likeness (QED) is 0.613. The highest BCUT2D eigenvalue weighted by Gasteiger charge is 2.18. The fourth-order valence-corrected chi connectivity index (χ4v) is 3.53. The molecule has 1 amide bonds. The van der Waals surface area contributed by atoms with E-state index in [0.717, 1.165) is 53.5 Å². The molecule has 0 fully saturated rings. The van der Waals surface area contributed by atoms with E-state index in [9.17, 15) is 10.1 Å². The van der Waals surface area contributed by atoms with E-state index in [2.05, 4.69) is 35.1 Å². The summed E-state index contributed by atoms with van der Waals surface area (Å²) in [6, 6.07) is 7.95. The van der Waals surface area contributed by atoms with E-state index in [-0.39, 0.29) is 5.91 Å². The molecule has 6 nitrogen and oxygen atoms in total. The van der Waals surface area contributed by atoms with Gasteiger partial charge in [-0.1, -0.05) is 26.0 Å². The van der Waals surface area contributed by atoms with Crippen LogP contribution in [0.5, 0.6) is 5.75 Å². The van der Waals surface area contributed by atoms with Gasteiger partial charge in [0.25, 0.3) is 5.91 Å². The Balaban J connectivity index is 2.27. The molecule has 2 rings (SSSR count). The lowest BCUT2D eigenvalue weighted by atomic mass is 10.0. The smallest absolute Gasteiger partial charge is 0.253 e. The van der Waals surface area contributed by atoms with Crippen molar-refractivity contribution in [2.45, 2.75) is 34.6 Å². The zero-order chi connectivity index (χ0) is 22.3. The molecule has 0 bridgehead atoms. The number of benzene rings is 1. The van der Waals surface area contributed by atoms with E-state index in [0.29, 0.717) is 17.7 Å². The summed E-state index contributed by atoms with van der Waals surface area (Å²) < 4.78 is 5.38. The van der Waals surface area contributed by atoms with Gasteiger partial charge in [0.15, 0.2) is 0 Å². The number of likely N-dealkylation sites (N-methyl/N-ethyl adjacent to an activating group) is 1. The Bertz CT molecular complexity index is 962. The number of nitriles is 1. The molecule has 30 heavy (non-hydrogen) atoms. The summed E-state index contributed by atoms with van der Waals surface area (Å²) in [6.07, 6.45) is 1.79. The average molecular weight is 409 g/mol.